The number of carbonyl (C=O) groups excluding carboxylic acids is 1. The lowest BCUT2D eigenvalue weighted by Gasteiger charge is -2.16. The van der Waals surface area contributed by atoms with E-state index in [1.807, 2.05) is 28.8 Å². The van der Waals surface area contributed by atoms with Crippen LogP contribution in [0.4, 0.5) is 0 Å². The Morgan fingerprint density at radius 3 is 3.12 bits per heavy atom. The average molecular weight is 340 g/mol. The fourth-order valence-corrected chi connectivity index (χ4v) is 3.96. The number of benzene rings is 1. The molecule has 1 aromatic carbocycles. The van der Waals surface area contributed by atoms with Gasteiger partial charge in [-0.3, -0.25) is 9.69 Å². The van der Waals surface area contributed by atoms with E-state index >= 15 is 0 Å². The highest BCUT2D eigenvalue weighted by Gasteiger charge is 2.24. The summed E-state index contributed by atoms with van der Waals surface area (Å²) in [5.41, 5.74) is 3.28. The van der Waals surface area contributed by atoms with Crippen LogP contribution in [-0.4, -0.2) is 39.5 Å². The molecule has 1 aliphatic rings. The predicted molar refractivity (Wildman–Crippen MR) is 95.9 cm³/mol. The summed E-state index contributed by atoms with van der Waals surface area (Å²) < 4.78 is 1.91. The lowest BCUT2D eigenvalue weighted by atomic mass is 10.2. The van der Waals surface area contributed by atoms with Crippen LogP contribution in [0, 0.1) is 0 Å². The highest BCUT2D eigenvalue weighted by Crippen LogP contribution is 2.16. The van der Waals surface area contributed by atoms with E-state index in [-0.39, 0.29) is 11.9 Å². The number of thiophene rings is 1. The molecular formula is C18H20N4OS. The number of aromatic nitrogens is 2. The first-order valence-corrected chi connectivity index (χ1v) is 9.15. The minimum atomic E-state index is 0.0561. The monoisotopic (exact) mass is 340 g/mol. The number of rotatable bonds is 5. The first-order chi connectivity index (χ1) is 11.8. The van der Waals surface area contributed by atoms with Crippen LogP contribution in [0.3, 0.4) is 0 Å². The number of para-hydroxylation sites is 2. The molecule has 0 bridgehead atoms. The van der Waals surface area contributed by atoms with Crippen LogP contribution in [-0.2, 0) is 17.9 Å². The Balaban J connectivity index is 1.32. The predicted octanol–water partition coefficient (Wildman–Crippen LogP) is 2.49. The van der Waals surface area contributed by atoms with E-state index in [0.717, 1.165) is 37.1 Å². The van der Waals surface area contributed by atoms with Crippen molar-refractivity contribution in [2.45, 2.75) is 25.6 Å². The van der Waals surface area contributed by atoms with Gasteiger partial charge in [0, 0.05) is 25.7 Å². The van der Waals surface area contributed by atoms with Gasteiger partial charge in [0.05, 0.1) is 17.4 Å². The summed E-state index contributed by atoms with van der Waals surface area (Å²) in [6.45, 7) is 3.25. The molecule has 3 aromatic rings. The van der Waals surface area contributed by atoms with Crippen molar-refractivity contribution in [3.63, 3.8) is 0 Å². The number of imidazole rings is 1. The molecule has 1 saturated heterocycles. The first-order valence-electron chi connectivity index (χ1n) is 8.20. The molecule has 0 saturated carbocycles. The summed E-state index contributed by atoms with van der Waals surface area (Å²) in [5.74, 6) is 0.0561. The summed E-state index contributed by atoms with van der Waals surface area (Å²) in [7, 11) is 0. The third kappa shape index (κ3) is 3.34. The number of amides is 1. The summed E-state index contributed by atoms with van der Waals surface area (Å²) >= 11 is 1.73. The Morgan fingerprint density at radius 1 is 1.33 bits per heavy atom. The zero-order valence-corrected chi connectivity index (χ0v) is 14.2. The maximum Gasteiger partial charge on any atom is 0.240 e. The largest absolute Gasteiger partial charge is 0.350 e. The SMILES string of the molecule is O=C(Cn1cnc2ccccc21)N[C@H]1CCN(Cc2ccsc2)C1. The maximum absolute atomic E-state index is 12.4. The average Bonchev–Trinajstić information content (AvgIpc) is 3.31. The molecule has 0 unspecified atom stereocenters. The van der Waals surface area contributed by atoms with Gasteiger partial charge in [0.15, 0.2) is 0 Å². The summed E-state index contributed by atoms with van der Waals surface area (Å²) in [5, 5.41) is 7.47. The van der Waals surface area contributed by atoms with Gasteiger partial charge in [0.2, 0.25) is 5.91 Å². The standard InChI is InChI=1S/C18H20N4OS/c23-18(11-22-13-19-16-3-1-2-4-17(16)22)20-15-5-7-21(10-15)9-14-6-8-24-12-14/h1-4,6,8,12-13,15H,5,7,9-11H2,(H,20,23)/t15-/m0/s1. The van der Waals surface area contributed by atoms with Crippen molar-refractivity contribution in [2.24, 2.45) is 0 Å². The van der Waals surface area contributed by atoms with Crippen molar-refractivity contribution in [1.29, 1.82) is 0 Å². The number of hydrogen-bond acceptors (Lipinski definition) is 4. The minimum absolute atomic E-state index is 0.0561. The summed E-state index contributed by atoms with van der Waals surface area (Å²) in [6.07, 6.45) is 2.75. The molecule has 0 aliphatic carbocycles. The van der Waals surface area contributed by atoms with E-state index in [0.29, 0.717) is 6.54 Å². The fraction of sp³-hybridized carbons (Fsp3) is 0.333. The van der Waals surface area contributed by atoms with Gasteiger partial charge < -0.3 is 9.88 Å². The quantitative estimate of drug-likeness (QED) is 0.776. The van der Waals surface area contributed by atoms with E-state index in [1.54, 1.807) is 17.7 Å². The lowest BCUT2D eigenvalue weighted by Crippen LogP contribution is -2.38. The molecule has 0 radical (unpaired) electrons. The van der Waals surface area contributed by atoms with Crippen LogP contribution in [0.15, 0.2) is 47.4 Å². The Bertz CT molecular complexity index is 827. The summed E-state index contributed by atoms with van der Waals surface area (Å²) in [4.78, 5) is 19.1. The molecule has 1 atom stereocenters. The molecule has 3 heterocycles. The van der Waals surface area contributed by atoms with Crippen molar-refractivity contribution in [1.82, 2.24) is 19.8 Å². The molecule has 5 nitrogen and oxygen atoms in total. The second-order valence-electron chi connectivity index (χ2n) is 6.28. The van der Waals surface area contributed by atoms with Gasteiger partial charge in [-0.25, -0.2) is 4.98 Å². The van der Waals surface area contributed by atoms with Gasteiger partial charge in [-0.2, -0.15) is 11.3 Å². The normalized spacial score (nSPS) is 18.2. The third-order valence-corrected chi connectivity index (χ3v) is 5.20. The number of fused-ring (bicyclic) bond motifs is 1. The van der Waals surface area contributed by atoms with Gasteiger partial charge in [-0.15, -0.1) is 0 Å². The third-order valence-electron chi connectivity index (χ3n) is 4.47. The van der Waals surface area contributed by atoms with Crippen LogP contribution in [0.25, 0.3) is 11.0 Å². The smallest absolute Gasteiger partial charge is 0.240 e. The molecule has 1 fully saturated rings. The van der Waals surface area contributed by atoms with Crippen molar-refractivity contribution < 1.29 is 4.79 Å². The Labute approximate surface area is 144 Å². The molecule has 4 rings (SSSR count). The Hall–Kier alpha value is -2.18. The number of likely N-dealkylation sites (tertiary alicyclic amines) is 1. The highest BCUT2D eigenvalue weighted by atomic mass is 32.1. The maximum atomic E-state index is 12.4. The molecule has 124 valence electrons. The van der Waals surface area contributed by atoms with E-state index in [1.165, 1.54) is 5.56 Å². The highest BCUT2D eigenvalue weighted by molar-refractivity contribution is 7.07. The number of carbonyl (C=O) groups is 1. The van der Waals surface area contributed by atoms with Gasteiger partial charge >= 0.3 is 0 Å². The van der Waals surface area contributed by atoms with Crippen molar-refractivity contribution in [3.8, 4) is 0 Å². The molecule has 2 aromatic heterocycles. The fourth-order valence-electron chi connectivity index (χ4n) is 3.30. The van der Waals surface area contributed by atoms with Crippen molar-refractivity contribution in [3.05, 3.63) is 53.0 Å². The molecule has 1 amide bonds. The molecule has 0 spiro atoms. The van der Waals surface area contributed by atoms with E-state index in [4.69, 9.17) is 0 Å². The molecule has 1 aliphatic heterocycles. The first kappa shape index (κ1) is 15.4. The molecule has 1 N–H and O–H groups in total. The molecular weight excluding hydrogens is 320 g/mol. The minimum Gasteiger partial charge on any atom is -0.350 e. The van der Waals surface area contributed by atoms with E-state index in [2.05, 4.69) is 32.0 Å². The van der Waals surface area contributed by atoms with Crippen LogP contribution in [0.2, 0.25) is 0 Å². The second kappa shape index (κ2) is 6.75. The van der Waals surface area contributed by atoms with Crippen LogP contribution in [0.1, 0.15) is 12.0 Å². The molecule has 6 heteroatoms. The van der Waals surface area contributed by atoms with E-state index < -0.39 is 0 Å². The number of nitrogens with one attached hydrogen (secondary N) is 1. The number of nitrogens with zero attached hydrogens (tertiary/aromatic N) is 3. The van der Waals surface area contributed by atoms with Crippen LogP contribution in [0.5, 0.6) is 0 Å². The second-order valence-corrected chi connectivity index (χ2v) is 7.06. The zero-order valence-electron chi connectivity index (χ0n) is 13.4. The lowest BCUT2D eigenvalue weighted by molar-refractivity contribution is -0.122. The topological polar surface area (TPSA) is 50.2 Å². The van der Waals surface area contributed by atoms with Gasteiger partial charge in [-0.05, 0) is 40.9 Å². The van der Waals surface area contributed by atoms with E-state index in [9.17, 15) is 4.79 Å². The summed E-state index contributed by atoms with van der Waals surface area (Å²) in [6, 6.07) is 10.3. The van der Waals surface area contributed by atoms with Crippen LogP contribution < -0.4 is 5.32 Å². The Kier molecular flexibility index (Phi) is 4.32. The van der Waals surface area contributed by atoms with Gasteiger partial charge in [-0.1, -0.05) is 12.1 Å². The van der Waals surface area contributed by atoms with Gasteiger partial charge in [0.25, 0.3) is 0 Å². The Morgan fingerprint density at radius 2 is 2.25 bits per heavy atom. The van der Waals surface area contributed by atoms with Gasteiger partial charge in [0.1, 0.15) is 6.54 Å². The zero-order chi connectivity index (χ0) is 16.4. The van der Waals surface area contributed by atoms with Crippen LogP contribution >= 0.6 is 11.3 Å². The van der Waals surface area contributed by atoms with Crippen molar-refractivity contribution in [2.75, 3.05) is 13.1 Å². The number of hydrogen-bond donors (Lipinski definition) is 1. The molecule has 24 heavy (non-hydrogen) atoms. The van der Waals surface area contributed by atoms with Crippen molar-refractivity contribution >= 4 is 28.3 Å².